The van der Waals surface area contributed by atoms with Crippen molar-refractivity contribution >= 4 is 29.1 Å². The van der Waals surface area contributed by atoms with E-state index in [4.69, 9.17) is 5.73 Å². The van der Waals surface area contributed by atoms with Crippen LogP contribution in [0.1, 0.15) is 16.8 Å². The van der Waals surface area contributed by atoms with Crippen molar-refractivity contribution in [3.8, 4) is 0 Å². The molecule has 0 radical (unpaired) electrons. The van der Waals surface area contributed by atoms with Crippen LogP contribution in [0.3, 0.4) is 0 Å². The minimum Gasteiger partial charge on any atom is -0.365 e. The molecular weight excluding hydrogens is 351 g/mol. The zero-order chi connectivity index (χ0) is 19.4. The number of nitrogens with two attached hydrogens (primary N) is 1. The van der Waals surface area contributed by atoms with Gasteiger partial charge >= 0.3 is 0 Å². The fourth-order valence-corrected chi connectivity index (χ4v) is 2.85. The highest BCUT2D eigenvalue weighted by atomic mass is 19.1. The molecule has 2 aromatic heterocycles. The first-order valence-corrected chi connectivity index (χ1v) is 8.33. The number of aromatic nitrogens is 2. The smallest absolute Gasteiger partial charge is 0.252 e. The van der Waals surface area contributed by atoms with Crippen molar-refractivity contribution in [3.05, 3.63) is 54.6 Å². The Morgan fingerprint density at radius 3 is 2.81 bits per heavy atom. The lowest BCUT2D eigenvalue weighted by Gasteiger charge is -2.19. The van der Waals surface area contributed by atoms with E-state index in [1.54, 1.807) is 12.1 Å². The number of hydrogen-bond acceptors (Lipinski definition) is 6. The van der Waals surface area contributed by atoms with Crippen molar-refractivity contribution in [2.45, 2.75) is 12.5 Å². The van der Waals surface area contributed by atoms with E-state index in [2.05, 4.69) is 27.2 Å². The second-order valence-corrected chi connectivity index (χ2v) is 6.07. The van der Waals surface area contributed by atoms with Gasteiger partial charge in [-0.25, -0.2) is 9.97 Å². The molecule has 0 aliphatic carbocycles. The van der Waals surface area contributed by atoms with Gasteiger partial charge in [-0.3, -0.25) is 9.59 Å². The van der Waals surface area contributed by atoms with Gasteiger partial charge in [-0.15, -0.1) is 0 Å². The molecule has 1 aliphatic heterocycles. The maximum absolute atomic E-state index is 13.0. The molecule has 3 rings (SSSR count). The van der Waals surface area contributed by atoms with Crippen LogP contribution in [0.15, 0.2) is 43.1 Å². The Kier molecular flexibility index (Phi) is 5.30. The number of nitrogens with one attached hydrogen (secondary N) is 2. The van der Waals surface area contributed by atoms with E-state index in [0.29, 0.717) is 24.6 Å². The van der Waals surface area contributed by atoms with Gasteiger partial charge in [-0.1, -0.05) is 6.58 Å². The number of pyridine rings is 2. The van der Waals surface area contributed by atoms with Gasteiger partial charge in [-0.05, 0) is 36.8 Å². The van der Waals surface area contributed by atoms with Gasteiger partial charge in [0, 0.05) is 19.1 Å². The fraction of sp³-hybridized carbons (Fsp3) is 0.222. The molecule has 2 amide bonds. The summed E-state index contributed by atoms with van der Waals surface area (Å²) >= 11 is 0. The second kappa shape index (κ2) is 7.81. The molecule has 9 heteroatoms. The number of primary amides is 1. The molecule has 1 aliphatic rings. The number of rotatable bonds is 6. The number of hydrogen-bond donors (Lipinski definition) is 3. The quantitative estimate of drug-likeness (QED) is 0.522. The highest BCUT2D eigenvalue weighted by Gasteiger charge is 2.25. The average molecular weight is 370 g/mol. The Hall–Kier alpha value is -3.49. The summed E-state index contributed by atoms with van der Waals surface area (Å²) in [6.45, 7) is 4.72. The van der Waals surface area contributed by atoms with Gasteiger partial charge in [0.15, 0.2) is 0 Å². The molecule has 27 heavy (non-hydrogen) atoms. The molecule has 0 spiro atoms. The predicted molar refractivity (Wildman–Crippen MR) is 99.2 cm³/mol. The lowest BCUT2D eigenvalue weighted by atomic mass is 10.2. The standard InChI is InChI=1S/C18H19FN6O2/c1-2-16(26)22-12-7-8-25(10-12)15-6-4-13(17(20)27)18(24-15)23-11-3-5-14(19)21-9-11/h2-6,9,12H,1,7-8,10H2,(H2,20,27)(H,22,26)(H,23,24)/t12-/m0/s1. The van der Waals surface area contributed by atoms with Crippen LogP contribution in [0, 0.1) is 5.95 Å². The molecule has 1 fully saturated rings. The van der Waals surface area contributed by atoms with Crippen LogP contribution >= 0.6 is 0 Å². The Labute approximate surface area is 155 Å². The number of amides is 2. The third-order valence-electron chi connectivity index (χ3n) is 4.18. The summed E-state index contributed by atoms with van der Waals surface area (Å²) in [5.41, 5.74) is 6.10. The third-order valence-corrected chi connectivity index (χ3v) is 4.18. The van der Waals surface area contributed by atoms with Crippen LogP contribution in [-0.2, 0) is 4.79 Å². The molecule has 1 saturated heterocycles. The molecule has 8 nitrogen and oxygen atoms in total. The minimum atomic E-state index is -0.635. The molecule has 4 N–H and O–H groups in total. The number of carbonyl (C=O) groups is 2. The lowest BCUT2D eigenvalue weighted by Crippen LogP contribution is -2.36. The van der Waals surface area contributed by atoms with Crippen LogP contribution in [0.2, 0.25) is 0 Å². The summed E-state index contributed by atoms with van der Waals surface area (Å²) in [4.78, 5) is 33.2. The summed E-state index contributed by atoms with van der Waals surface area (Å²) in [6.07, 6.45) is 3.30. The van der Waals surface area contributed by atoms with Crippen LogP contribution < -0.4 is 21.3 Å². The van der Waals surface area contributed by atoms with E-state index < -0.39 is 11.9 Å². The van der Waals surface area contributed by atoms with E-state index in [0.717, 1.165) is 6.42 Å². The van der Waals surface area contributed by atoms with Crippen LogP contribution in [0.25, 0.3) is 0 Å². The Morgan fingerprint density at radius 1 is 1.33 bits per heavy atom. The first-order valence-electron chi connectivity index (χ1n) is 8.33. The zero-order valence-electron chi connectivity index (χ0n) is 14.5. The van der Waals surface area contributed by atoms with E-state index in [1.165, 1.54) is 24.4 Å². The topological polar surface area (TPSA) is 113 Å². The molecule has 140 valence electrons. The lowest BCUT2D eigenvalue weighted by molar-refractivity contribution is -0.117. The first-order chi connectivity index (χ1) is 13.0. The monoisotopic (exact) mass is 370 g/mol. The summed E-state index contributed by atoms with van der Waals surface area (Å²) in [5, 5.41) is 5.80. The number of anilines is 3. The molecule has 0 unspecified atom stereocenters. The van der Waals surface area contributed by atoms with Crippen molar-refractivity contribution in [3.63, 3.8) is 0 Å². The highest BCUT2D eigenvalue weighted by molar-refractivity contribution is 5.98. The Morgan fingerprint density at radius 2 is 2.15 bits per heavy atom. The maximum atomic E-state index is 13.0. The predicted octanol–water partition coefficient (Wildman–Crippen LogP) is 1.34. The Bertz CT molecular complexity index is 871. The minimum absolute atomic E-state index is 0.00850. The number of halogens is 1. The van der Waals surface area contributed by atoms with Gasteiger partial charge in [0.05, 0.1) is 17.4 Å². The summed E-state index contributed by atoms with van der Waals surface area (Å²) in [7, 11) is 0. The molecular formula is C18H19FN6O2. The number of carbonyl (C=O) groups excluding carboxylic acids is 2. The van der Waals surface area contributed by atoms with Gasteiger partial charge < -0.3 is 21.3 Å². The van der Waals surface area contributed by atoms with Gasteiger partial charge in [0.25, 0.3) is 5.91 Å². The molecule has 0 aromatic carbocycles. The van der Waals surface area contributed by atoms with Crippen LogP contribution in [-0.4, -0.2) is 40.9 Å². The number of nitrogens with zero attached hydrogens (tertiary/aromatic N) is 3. The van der Waals surface area contributed by atoms with Gasteiger partial charge in [0.2, 0.25) is 11.9 Å². The maximum Gasteiger partial charge on any atom is 0.252 e. The van der Waals surface area contributed by atoms with Crippen molar-refractivity contribution < 1.29 is 14.0 Å². The third kappa shape index (κ3) is 4.38. The van der Waals surface area contributed by atoms with Crippen molar-refractivity contribution in [1.29, 1.82) is 0 Å². The van der Waals surface area contributed by atoms with Crippen molar-refractivity contribution in [2.75, 3.05) is 23.3 Å². The molecule has 1 atom stereocenters. The van der Waals surface area contributed by atoms with Gasteiger partial charge in [0.1, 0.15) is 11.6 Å². The summed E-state index contributed by atoms with van der Waals surface area (Å²) in [5.74, 6) is -0.573. The average Bonchev–Trinajstić information content (AvgIpc) is 3.11. The molecule has 0 bridgehead atoms. The van der Waals surface area contributed by atoms with E-state index in [1.807, 2.05) is 4.90 Å². The van der Waals surface area contributed by atoms with Gasteiger partial charge in [-0.2, -0.15) is 4.39 Å². The molecule has 2 aromatic rings. The van der Waals surface area contributed by atoms with Crippen LogP contribution in [0.4, 0.5) is 21.7 Å². The second-order valence-electron chi connectivity index (χ2n) is 6.07. The SMILES string of the molecule is C=CC(=O)N[C@H]1CCN(c2ccc(C(N)=O)c(Nc3ccc(F)nc3)n2)C1. The zero-order valence-corrected chi connectivity index (χ0v) is 14.5. The highest BCUT2D eigenvalue weighted by Crippen LogP contribution is 2.25. The van der Waals surface area contributed by atoms with Crippen LogP contribution in [0.5, 0.6) is 0 Å². The molecule has 0 saturated carbocycles. The molecule has 3 heterocycles. The van der Waals surface area contributed by atoms with E-state index in [-0.39, 0.29) is 23.3 Å². The van der Waals surface area contributed by atoms with E-state index >= 15 is 0 Å². The summed E-state index contributed by atoms with van der Waals surface area (Å²) < 4.78 is 13.0. The Balaban J connectivity index is 1.81. The fourth-order valence-electron chi connectivity index (χ4n) is 2.85. The summed E-state index contributed by atoms with van der Waals surface area (Å²) in [6, 6.07) is 5.96. The normalized spacial score (nSPS) is 16.0. The van der Waals surface area contributed by atoms with Crippen molar-refractivity contribution in [1.82, 2.24) is 15.3 Å². The van der Waals surface area contributed by atoms with Crippen molar-refractivity contribution in [2.24, 2.45) is 5.73 Å². The largest absolute Gasteiger partial charge is 0.365 e. The van der Waals surface area contributed by atoms with E-state index in [9.17, 15) is 14.0 Å². The first kappa shape index (κ1) is 18.3.